The van der Waals surface area contributed by atoms with Crippen LogP contribution < -0.4 is 14.9 Å². The number of ether oxygens (including phenoxy) is 2. The number of rotatable bonds is 7. The van der Waals surface area contributed by atoms with E-state index in [1.807, 2.05) is 18.2 Å². The first-order chi connectivity index (χ1) is 10.2. The molecule has 1 aromatic rings. The van der Waals surface area contributed by atoms with E-state index in [0.717, 1.165) is 18.4 Å². The van der Waals surface area contributed by atoms with Gasteiger partial charge in [-0.1, -0.05) is 0 Å². The summed E-state index contributed by atoms with van der Waals surface area (Å²) in [7, 11) is 1.61. The highest BCUT2D eigenvalue weighted by Gasteiger charge is 2.18. The van der Waals surface area contributed by atoms with Crippen molar-refractivity contribution in [3.63, 3.8) is 0 Å². The predicted molar refractivity (Wildman–Crippen MR) is 79.1 cm³/mol. The average Bonchev–Trinajstić information content (AvgIpc) is 2.97. The molecule has 0 aliphatic heterocycles. The largest absolute Gasteiger partial charge is 0.493 e. The van der Waals surface area contributed by atoms with Gasteiger partial charge in [0, 0.05) is 0 Å². The van der Waals surface area contributed by atoms with Crippen molar-refractivity contribution in [2.45, 2.75) is 31.8 Å². The molecule has 2 N–H and O–H groups in total. The molecule has 6 nitrogen and oxygen atoms in total. The van der Waals surface area contributed by atoms with Gasteiger partial charge in [0.15, 0.2) is 11.5 Å². The van der Waals surface area contributed by atoms with Gasteiger partial charge < -0.3 is 14.6 Å². The van der Waals surface area contributed by atoms with Crippen LogP contribution in [0.25, 0.3) is 0 Å². The van der Waals surface area contributed by atoms with Gasteiger partial charge >= 0.3 is 5.97 Å². The van der Waals surface area contributed by atoms with Crippen molar-refractivity contribution < 1.29 is 19.4 Å². The van der Waals surface area contributed by atoms with Crippen LogP contribution in [0.3, 0.4) is 0 Å². The summed E-state index contributed by atoms with van der Waals surface area (Å²) in [6, 6.07) is 5.51. The maximum atomic E-state index is 10.4. The van der Waals surface area contributed by atoms with E-state index in [2.05, 4.69) is 10.5 Å². The number of carbonyl (C=O) groups is 1. The molecule has 1 aliphatic rings. The zero-order valence-electron chi connectivity index (χ0n) is 12.0. The molecule has 1 aliphatic carbocycles. The maximum Gasteiger partial charge on any atom is 0.324 e. The van der Waals surface area contributed by atoms with Crippen molar-refractivity contribution in [1.29, 1.82) is 0 Å². The topological polar surface area (TPSA) is 80.2 Å². The van der Waals surface area contributed by atoms with E-state index in [4.69, 9.17) is 14.6 Å². The average molecular weight is 292 g/mol. The van der Waals surface area contributed by atoms with Crippen LogP contribution in [-0.2, 0) is 4.79 Å². The summed E-state index contributed by atoms with van der Waals surface area (Å²) in [5.41, 5.74) is 3.27. The molecule has 1 fully saturated rings. The first-order valence-corrected chi connectivity index (χ1v) is 7.01. The fourth-order valence-corrected chi connectivity index (χ4v) is 2.28. The summed E-state index contributed by atoms with van der Waals surface area (Å²) in [6.07, 6.45) is 6.35. The number of hydrazone groups is 1. The fraction of sp³-hybridized carbons (Fsp3) is 0.467. The summed E-state index contributed by atoms with van der Waals surface area (Å²) in [5, 5.41) is 12.4. The molecule has 2 rings (SSSR count). The van der Waals surface area contributed by atoms with E-state index in [1.165, 1.54) is 12.8 Å². The number of hydrogen-bond donors (Lipinski definition) is 2. The van der Waals surface area contributed by atoms with Crippen LogP contribution in [0, 0.1) is 0 Å². The van der Waals surface area contributed by atoms with E-state index in [-0.39, 0.29) is 12.6 Å². The van der Waals surface area contributed by atoms with Crippen molar-refractivity contribution in [2.75, 3.05) is 13.7 Å². The van der Waals surface area contributed by atoms with Gasteiger partial charge in [-0.3, -0.25) is 10.2 Å². The Hall–Kier alpha value is -2.24. The number of hydrogen-bond acceptors (Lipinski definition) is 5. The Morgan fingerprint density at radius 3 is 2.86 bits per heavy atom. The minimum absolute atomic E-state index is 0.210. The van der Waals surface area contributed by atoms with Crippen LogP contribution >= 0.6 is 0 Å². The molecule has 0 aromatic heterocycles. The Labute approximate surface area is 123 Å². The van der Waals surface area contributed by atoms with E-state index < -0.39 is 5.97 Å². The van der Waals surface area contributed by atoms with Crippen LogP contribution in [0.2, 0.25) is 0 Å². The standard InChI is InChI=1S/C15H20N2O4/c1-20-13-7-6-11(9-16-17-10-15(18)19)8-14(13)21-12-4-2-3-5-12/h6-9,12,17H,2-5,10H2,1H3,(H,18,19)/b16-9+. The molecule has 6 heteroatoms. The molecular weight excluding hydrogens is 272 g/mol. The second kappa shape index (κ2) is 7.52. The van der Waals surface area contributed by atoms with Crippen LogP contribution in [0.5, 0.6) is 11.5 Å². The molecular formula is C15H20N2O4. The van der Waals surface area contributed by atoms with Gasteiger partial charge in [0.05, 0.1) is 19.4 Å². The quantitative estimate of drug-likeness (QED) is 0.593. The molecule has 0 saturated heterocycles. The lowest BCUT2D eigenvalue weighted by Gasteiger charge is -2.16. The van der Waals surface area contributed by atoms with Crippen LogP contribution in [-0.4, -0.2) is 37.0 Å². The molecule has 1 saturated carbocycles. The van der Waals surface area contributed by atoms with Gasteiger partial charge in [-0.05, 0) is 49.4 Å². The molecule has 0 radical (unpaired) electrons. The van der Waals surface area contributed by atoms with Gasteiger partial charge in [0.25, 0.3) is 0 Å². The normalized spacial score (nSPS) is 15.3. The van der Waals surface area contributed by atoms with E-state index in [1.54, 1.807) is 13.3 Å². The molecule has 0 heterocycles. The molecule has 114 valence electrons. The smallest absolute Gasteiger partial charge is 0.324 e. The molecule has 0 spiro atoms. The summed E-state index contributed by atoms with van der Waals surface area (Å²) in [4.78, 5) is 10.4. The van der Waals surface area contributed by atoms with E-state index in [0.29, 0.717) is 11.5 Å². The SMILES string of the molecule is COc1ccc(/C=N/NCC(=O)O)cc1OC1CCCC1. The van der Waals surface area contributed by atoms with E-state index in [9.17, 15) is 4.79 Å². The molecule has 21 heavy (non-hydrogen) atoms. The third-order valence-corrected chi connectivity index (χ3v) is 3.32. The Balaban J connectivity index is 2.03. The van der Waals surface area contributed by atoms with Gasteiger partial charge in [-0.15, -0.1) is 0 Å². The highest BCUT2D eigenvalue weighted by molar-refractivity contribution is 5.81. The number of carboxylic acids is 1. The van der Waals surface area contributed by atoms with Gasteiger partial charge in [-0.2, -0.15) is 5.10 Å². The summed E-state index contributed by atoms with van der Waals surface area (Å²) in [6.45, 7) is -0.210. The predicted octanol–water partition coefficient (Wildman–Crippen LogP) is 2.02. The first-order valence-electron chi connectivity index (χ1n) is 7.01. The third-order valence-electron chi connectivity index (χ3n) is 3.32. The number of methoxy groups -OCH3 is 1. The Morgan fingerprint density at radius 1 is 1.43 bits per heavy atom. The summed E-state index contributed by atoms with van der Waals surface area (Å²) in [5.74, 6) is 0.441. The first kappa shape index (κ1) is 15.2. The maximum absolute atomic E-state index is 10.4. The van der Waals surface area contributed by atoms with E-state index >= 15 is 0 Å². The number of nitrogens with one attached hydrogen (secondary N) is 1. The zero-order chi connectivity index (χ0) is 15.1. The molecule has 0 bridgehead atoms. The van der Waals surface area contributed by atoms with Crippen molar-refractivity contribution in [1.82, 2.24) is 5.43 Å². The summed E-state index contributed by atoms with van der Waals surface area (Å²) >= 11 is 0. The number of benzene rings is 1. The lowest BCUT2D eigenvalue weighted by Crippen LogP contribution is -2.17. The lowest BCUT2D eigenvalue weighted by molar-refractivity contribution is -0.135. The minimum atomic E-state index is -0.952. The second-order valence-electron chi connectivity index (χ2n) is 4.92. The van der Waals surface area contributed by atoms with Crippen molar-refractivity contribution in [3.8, 4) is 11.5 Å². The van der Waals surface area contributed by atoms with Crippen LogP contribution in [0.4, 0.5) is 0 Å². The van der Waals surface area contributed by atoms with Gasteiger partial charge in [-0.25, -0.2) is 0 Å². The minimum Gasteiger partial charge on any atom is -0.493 e. The Bertz CT molecular complexity index is 510. The molecule has 0 amide bonds. The van der Waals surface area contributed by atoms with Gasteiger partial charge in [0.2, 0.25) is 0 Å². The third kappa shape index (κ3) is 4.66. The van der Waals surface area contributed by atoms with Crippen molar-refractivity contribution in [3.05, 3.63) is 23.8 Å². The Morgan fingerprint density at radius 2 is 2.19 bits per heavy atom. The van der Waals surface area contributed by atoms with Crippen molar-refractivity contribution >= 4 is 12.2 Å². The molecule has 1 aromatic carbocycles. The van der Waals surface area contributed by atoms with Crippen LogP contribution in [0.15, 0.2) is 23.3 Å². The monoisotopic (exact) mass is 292 g/mol. The molecule has 0 unspecified atom stereocenters. The Kier molecular flexibility index (Phi) is 5.43. The highest BCUT2D eigenvalue weighted by Crippen LogP contribution is 2.32. The molecule has 0 atom stereocenters. The highest BCUT2D eigenvalue weighted by atomic mass is 16.5. The number of aliphatic carboxylic acids is 1. The van der Waals surface area contributed by atoms with Crippen molar-refractivity contribution in [2.24, 2.45) is 5.10 Å². The zero-order valence-corrected chi connectivity index (χ0v) is 12.0. The number of carboxylic acid groups (broad SMARTS) is 1. The second-order valence-corrected chi connectivity index (χ2v) is 4.92. The van der Waals surface area contributed by atoms with Gasteiger partial charge in [0.1, 0.15) is 6.54 Å². The fourth-order valence-electron chi connectivity index (χ4n) is 2.28. The summed E-state index contributed by atoms with van der Waals surface area (Å²) < 4.78 is 11.3. The van der Waals surface area contributed by atoms with Crippen LogP contribution in [0.1, 0.15) is 31.2 Å². The number of nitrogens with zero attached hydrogens (tertiary/aromatic N) is 1. The lowest BCUT2D eigenvalue weighted by atomic mass is 10.2.